The summed E-state index contributed by atoms with van der Waals surface area (Å²) in [5.41, 5.74) is -3.75. The highest BCUT2D eigenvalue weighted by molar-refractivity contribution is 5.95. The van der Waals surface area contributed by atoms with Crippen LogP contribution in [-0.2, 0) is 14.3 Å². The van der Waals surface area contributed by atoms with Gasteiger partial charge in [0.15, 0.2) is 5.78 Å². The molecule has 0 heterocycles. The van der Waals surface area contributed by atoms with Gasteiger partial charge in [0.2, 0.25) is 0 Å². The number of rotatable bonds is 8. The maximum absolute atomic E-state index is 13.7. The van der Waals surface area contributed by atoms with Gasteiger partial charge in [-0.2, -0.15) is 0 Å². The zero-order valence-electron chi connectivity index (χ0n) is 26.7. The van der Waals surface area contributed by atoms with Gasteiger partial charge in [-0.05, 0) is 113 Å². The Morgan fingerprint density at radius 1 is 1.09 bits per heavy atom. The Bertz CT molecular complexity index is 1310. The molecule has 0 bridgehead atoms. The summed E-state index contributed by atoms with van der Waals surface area (Å²) >= 11 is 0. The van der Waals surface area contributed by atoms with E-state index in [-0.39, 0.29) is 24.5 Å². The maximum atomic E-state index is 13.7. The maximum Gasteiger partial charge on any atom is 0.331 e. The van der Waals surface area contributed by atoms with E-state index in [2.05, 4.69) is 0 Å². The Labute approximate surface area is 260 Å². The van der Waals surface area contributed by atoms with Crippen LogP contribution < -0.4 is 0 Å². The molecule has 1 aromatic rings. The number of benzene rings is 1. The predicted molar refractivity (Wildman–Crippen MR) is 166 cm³/mol. The number of carbonyl (C=O) groups is 2. The fraction of sp³-hybridized carbons (Fsp3) is 0.667. The van der Waals surface area contributed by atoms with Gasteiger partial charge in [0, 0.05) is 17.4 Å². The van der Waals surface area contributed by atoms with Crippen molar-refractivity contribution in [2.45, 2.75) is 121 Å². The number of allylic oxidation sites excluding steroid dienone is 1. The van der Waals surface area contributed by atoms with Gasteiger partial charge in [-0.25, -0.2) is 4.79 Å². The summed E-state index contributed by atoms with van der Waals surface area (Å²) in [6, 6.07) is 9.38. The second-order valence-corrected chi connectivity index (χ2v) is 15.3. The van der Waals surface area contributed by atoms with Crippen LogP contribution in [0.3, 0.4) is 0 Å². The van der Waals surface area contributed by atoms with Crippen LogP contribution in [0.1, 0.15) is 91.5 Å². The molecule has 0 amide bonds. The zero-order valence-corrected chi connectivity index (χ0v) is 26.7. The highest BCUT2D eigenvalue weighted by Gasteiger charge is 2.69. The third kappa shape index (κ3) is 5.62. The number of hydrogen-bond acceptors (Lipinski definition) is 8. The number of hydrogen-bond donors (Lipinski definition) is 5. The van der Waals surface area contributed by atoms with Crippen molar-refractivity contribution in [2.24, 2.45) is 28.6 Å². The van der Waals surface area contributed by atoms with E-state index < -0.39 is 63.8 Å². The van der Waals surface area contributed by atoms with Crippen molar-refractivity contribution in [1.29, 1.82) is 0 Å². The Balaban J connectivity index is 1.38. The van der Waals surface area contributed by atoms with Gasteiger partial charge in [-0.1, -0.05) is 44.2 Å². The minimum absolute atomic E-state index is 0.135. The fourth-order valence-electron chi connectivity index (χ4n) is 9.34. The van der Waals surface area contributed by atoms with E-state index in [1.165, 1.54) is 6.08 Å². The van der Waals surface area contributed by atoms with Crippen LogP contribution in [0.4, 0.5) is 0 Å². The average Bonchev–Trinajstić information content (AvgIpc) is 3.24. The molecule has 1 aromatic carbocycles. The van der Waals surface area contributed by atoms with Crippen molar-refractivity contribution >= 4 is 17.8 Å². The number of fused-ring (bicyclic) bond motifs is 5. The molecule has 242 valence electrons. The molecule has 0 saturated heterocycles. The van der Waals surface area contributed by atoms with E-state index in [0.717, 1.165) is 5.56 Å². The van der Waals surface area contributed by atoms with Gasteiger partial charge in [0.05, 0.1) is 29.0 Å². The van der Waals surface area contributed by atoms with Crippen molar-refractivity contribution < 1.29 is 39.9 Å². The zero-order chi connectivity index (χ0) is 32.3. The second-order valence-electron chi connectivity index (χ2n) is 15.3. The van der Waals surface area contributed by atoms with Gasteiger partial charge in [0.25, 0.3) is 0 Å². The third-order valence-corrected chi connectivity index (χ3v) is 12.0. The van der Waals surface area contributed by atoms with Crippen LogP contribution >= 0.6 is 0 Å². The van der Waals surface area contributed by atoms with Crippen molar-refractivity contribution in [3.05, 3.63) is 53.6 Å². The summed E-state index contributed by atoms with van der Waals surface area (Å²) in [4.78, 5) is 26.5. The molecule has 0 spiro atoms. The SMILES string of the molecule is CC(C)(O)CC[C@@H](O)[C@](C)(O)[C@H]1CC[C@@]2(O)C3=CC(=O)[C@@H]4C[C@@H](O)[C@@H](OC(=O)/C=C/c5ccccc5)C[C@]4(C)[C@H]3CC[C@]12C. The minimum Gasteiger partial charge on any atom is -0.456 e. The summed E-state index contributed by atoms with van der Waals surface area (Å²) < 4.78 is 5.77. The summed E-state index contributed by atoms with van der Waals surface area (Å²) in [7, 11) is 0. The Morgan fingerprint density at radius 2 is 1.77 bits per heavy atom. The fourth-order valence-corrected chi connectivity index (χ4v) is 9.34. The highest BCUT2D eigenvalue weighted by Crippen LogP contribution is 2.68. The molecular formula is C36H50O8. The van der Waals surface area contributed by atoms with Crippen LogP contribution in [0.5, 0.6) is 0 Å². The van der Waals surface area contributed by atoms with Crippen LogP contribution in [0.25, 0.3) is 6.08 Å². The largest absolute Gasteiger partial charge is 0.456 e. The number of ketones is 1. The lowest BCUT2D eigenvalue weighted by Gasteiger charge is -2.60. The van der Waals surface area contributed by atoms with E-state index in [0.29, 0.717) is 44.1 Å². The molecule has 4 aliphatic carbocycles. The summed E-state index contributed by atoms with van der Waals surface area (Å²) in [6.45, 7) is 8.95. The van der Waals surface area contributed by atoms with Gasteiger partial charge >= 0.3 is 5.97 Å². The summed E-state index contributed by atoms with van der Waals surface area (Å²) in [6.07, 6.45) is 4.82. The molecule has 44 heavy (non-hydrogen) atoms. The first kappa shape index (κ1) is 33.0. The van der Waals surface area contributed by atoms with Crippen molar-refractivity contribution in [3.8, 4) is 0 Å². The molecule has 4 aliphatic rings. The van der Waals surface area contributed by atoms with Gasteiger partial charge < -0.3 is 30.3 Å². The van der Waals surface area contributed by atoms with E-state index in [1.807, 2.05) is 44.2 Å². The molecule has 0 aromatic heterocycles. The molecule has 3 saturated carbocycles. The quantitative estimate of drug-likeness (QED) is 0.218. The number of aliphatic hydroxyl groups excluding tert-OH is 2. The number of ether oxygens (including phenoxy) is 1. The lowest BCUT2D eigenvalue weighted by atomic mass is 9.45. The summed E-state index contributed by atoms with van der Waals surface area (Å²) in [5.74, 6) is -1.75. The lowest BCUT2D eigenvalue weighted by Crippen LogP contribution is -2.63. The minimum atomic E-state index is -1.51. The standard InChI is InChI=1S/C36H50O8/c1-32(2,41)16-15-30(39)35(5,42)29-14-18-36(43)24-19-26(37)25-20-27(38)28(21-33(25,3)23(24)13-17-34(29,36)4)44-31(40)12-11-22-9-7-6-8-10-22/h6-12,19,23,25,27-30,38-39,41-43H,13-18,20-21H2,1-5H3/b12-11+/t23-,25-,27+,28-,29-,30+,33+,34+,35+,36+/m0/s1. The lowest BCUT2D eigenvalue weighted by molar-refractivity contribution is -0.181. The average molecular weight is 611 g/mol. The Morgan fingerprint density at radius 3 is 2.43 bits per heavy atom. The highest BCUT2D eigenvalue weighted by atomic mass is 16.6. The molecule has 8 heteroatoms. The van der Waals surface area contributed by atoms with Crippen LogP contribution in [0.15, 0.2) is 48.1 Å². The van der Waals surface area contributed by atoms with E-state index >= 15 is 0 Å². The first-order valence-corrected chi connectivity index (χ1v) is 16.2. The van der Waals surface area contributed by atoms with Crippen LogP contribution in [-0.4, -0.2) is 72.4 Å². The molecule has 8 nitrogen and oxygen atoms in total. The smallest absolute Gasteiger partial charge is 0.331 e. The topological polar surface area (TPSA) is 145 Å². The predicted octanol–water partition coefficient (Wildman–Crippen LogP) is 4.12. The monoisotopic (exact) mass is 610 g/mol. The van der Waals surface area contributed by atoms with Gasteiger partial charge in [-0.3, -0.25) is 4.79 Å². The van der Waals surface area contributed by atoms with E-state index in [9.17, 15) is 35.1 Å². The summed E-state index contributed by atoms with van der Waals surface area (Å²) in [5, 5.41) is 56.5. The van der Waals surface area contributed by atoms with Gasteiger partial charge in [-0.15, -0.1) is 0 Å². The Hall–Kier alpha value is -2.36. The van der Waals surface area contributed by atoms with E-state index in [4.69, 9.17) is 4.74 Å². The van der Waals surface area contributed by atoms with Gasteiger partial charge in [0.1, 0.15) is 6.10 Å². The molecule has 3 fully saturated rings. The molecular weight excluding hydrogens is 560 g/mol. The first-order valence-electron chi connectivity index (χ1n) is 16.2. The molecule has 0 radical (unpaired) electrons. The van der Waals surface area contributed by atoms with Crippen LogP contribution in [0.2, 0.25) is 0 Å². The number of aliphatic hydroxyl groups is 5. The van der Waals surface area contributed by atoms with Crippen molar-refractivity contribution in [1.82, 2.24) is 0 Å². The number of carbonyl (C=O) groups excluding carboxylic acids is 2. The normalized spacial score (nSPS) is 39.1. The molecule has 0 unspecified atom stereocenters. The second kappa shape index (κ2) is 11.5. The molecule has 10 atom stereocenters. The molecule has 5 rings (SSSR count). The first-order chi connectivity index (χ1) is 20.4. The third-order valence-electron chi connectivity index (χ3n) is 12.0. The number of esters is 1. The Kier molecular flexibility index (Phi) is 8.60. The van der Waals surface area contributed by atoms with E-state index in [1.54, 1.807) is 32.9 Å². The van der Waals surface area contributed by atoms with Crippen LogP contribution in [0, 0.1) is 28.6 Å². The van der Waals surface area contributed by atoms with Crippen molar-refractivity contribution in [3.63, 3.8) is 0 Å². The molecule has 5 N–H and O–H groups in total. The van der Waals surface area contributed by atoms with Crippen molar-refractivity contribution in [2.75, 3.05) is 0 Å². The molecule has 0 aliphatic heterocycles.